The standard InChI is InChI=1S/C27H30ClN9O/c1-18-14-23(31-36(18)19(2)33(3)4)24-16-26-29-25(17-27(37(26)32-24)34-10-12-38-13-11-34)35-9-8-22(30-35)20-6-5-7-21(28)15-20/h5-9,14-17,19H,10-13H2,1-4H3. The molecule has 1 saturated heterocycles. The summed E-state index contributed by atoms with van der Waals surface area (Å²) in [7, 11) is 4.09. The first kappa shape index (κ1) is 24.6. The van der Waals surface area contributed by atoms with E-state index in [9.17, 15) is 0 Å². The van der Waals surface area contributed by atoms with Crippen LogP contribution >= 0.6 is 11.6 Å². The number of halogens is 1. The molecular weight excluding hydrogens is 502 g/mol. The molecule has 0 N–H and O–H groups in total. The predicted molar refractivity (Wildman–Crippen MR) is 148 cm³/mol. The second-order valence-corrected chi connectivity index (χ2v) is 10.2. The summed E-state index contributed by atoms with van der Waals surface area (Å²) in [4.78, 5) is 9.34. The zero-order chi connectivity index (χ0) is 26.4. The molecule has 10 nitrogen and oxygen atoms in total. The zero-order valence-corrected chi connectivity index (χ0v) is 22.7. The smallest absolute Gasteiger partial charge is 0.160 e. The van der Waals surface area contributed by atoms with Crippen LogP contribution in [0, 0.1) is 6.92 Å². The van der Waals surface area contributed by atoms with Crippen LogP contribution in [0.1, 0.15) is 18.8 Å². The van der Waals surface area contributed by atoms with Crippen molar-refractivity contribution in [2.75, 3.05) is 45.3 Å². The summed E-state index contributed by atoms with van der Waals surface area (Å²) in [5.74, 6) is 1.65. The van der Waals surface area contributed by atoms with Crippen molar-refractivity contribution < 1.29 is 4.74 Å². The van der Waals surface area contributed by atoms with Crippen LogP contribution in [0.5, 0.6) is 0 Å². The van der Waals surface area contributed by atoms with Crippen LogP contribution in [0.15, 0.2) is 54.7 Å². The molecule has 4 aromatic heterocycles. The summed E-state index contributed by atoms with van der Waals surface area (Å²) in [6.45, 7) is 7.07. The van der Waals surface area contributed by atoms with E-state index >= 15 is 0 Å². The third kappa shape index (κ3) is 4.55. The fourth-order valence-corrected chi connectivity index (χ4v) is 4.86. The van der Waals surface area contributed by atoms with Gasteiger partial charge in [0, 0.05) is 47.7 Å². The number of ether oxygens (including phenoxy) is 1. The molecule has 0 spiro atoms. The highest BCUT2D eigenvalue weighted by atomic mass is 35.5. The fourth-order valence-electron chi connectivity index (χ4n) is 4.67. The Kier molecular flexibility index (Phi) is 6.38. The van der Waals surface area contributed by atoms with Crippen molar-refractivity contribution in [3.8, 4) is 28.5 Å². The molecule has 1 atom stereocenters. The normalized spacial score (nSPS) is 15.1. The number of aryl methyl sites for hydroxylation is 1. The van der Waals surface area contributed by atoms with Crippen LogP contribution in [0.4, 0.5) is 5.82 Å². The van der Waals surface area contributed by atoms with Gasteiger partial charge in [-0.2, -0.15) is 19.8 Å². The van der Waals surface area contributed by atoms with Crippen LogP contribution in [0.2, 0.25) is 5.02 Å². The maximum Gasteiger partial charge on any atom is 0.160 e. The van der Waals surface area contributed by atoms with Gasteiger partial charge in [0.15, 0.2) is 11.5 Å². The summed E-state index contributed by atoms with van der Waals surface area (Å²) >= 11 is 6.21. The van der Waals surface area contributed by atoms with Gasteiger partial charge in [0.2, 0.25) is 0 Å². The Hall–Kier alpha value is -3.73. The lowest BCUT2D eigenvalue weighted by Gasteiger charge is -2.29. The van der Waals surface area contributed by atoms with Crippen LogP contribution in [0.3, 0.4) is 0 Å². The Morgan fingerprint density at radius 1 is 0.947 bits per heavy atom. The second-order valence-electron chi connectivity index (χ2n) is 9.74. The Labute approximate surface area is 226 Å². The molecule has 1 aromatic carbocycles. The molecule has 5 aromatic rings. The molecular formula is C27H30ClN9O. The molecule has 0 saturated carbocycles. The third-order valence-electron chi connectivity index (χ3n) is 6.96. The Balaban J connectivity index is 1.44. The van der Waals surface area contributed by atoms with Crippen LogP contribution in [0.25, 0.3) is 34.1 Å². The van der Waals surface area contributed by atoms with E-state index in [4.69, 9.17) is 36.6 Å². The monoisotopic (exact) mass is 531 g/mol. The maximum absolute atomic E-state index is 6.21. The lowest BCUT2D eigenvalue weighted by Crippen LogP contribution is -2.37. The first-order valence-corrected chi connectivity index (χ1v) is 13.0. The topological polar surface area (TPSA) is 81.5 Å². The Bertz CT molecular complexity index is 1600. The summed E-state index contributed by atoms with van der Waals surface area (Å²) in [5.41, 5.74) is 5.18. The minimum atomic E-state index is 0.128. The number of hydrogen-bond acceptors (Lipinski definition) is 7. The lowest BCUT2D eigenvalue weighted by atomic mass is 10.2. The predicted octanol–water partition coefficient (Wildman–Crippen LogP) is 4.32. The summed E-state index contributed by atoms with van der Waals surface area (Å²) < 4.78 is 11.3. The van der Waals surface area contributed by atoms with Crippen molar-refractivity contribution in [3.05, 3.63) is 65.4 Å². The van der Waals surface area contributed by atoms with Gasteiger partial charge in [-0.1, -0.05) is 23.7 Å². The van der Waals surface area contributed by atoms with Crippen LogP contribution < -0.4 is 4.90 Å². The van der Waals surface area contributed by atoms with E-state index in [1.165, 1.54) is 0 Å². The van der Waals surface area contributed by atoms with Crippen molar-refractivity contribution >= 4 is 23.1 Å². The third-order valence-corrected chi connectivity index (χ3v) is 7.20. The van der Waals surface area contributed by atoms with Gasteiger partial charge in [-0.3, -0.25) is 9.58 Å². The first-order chi connectivity index (χ1) is 18.4. The minimum absolute atomic E-state index is 0.128. The molecule has 1 aliphatic heterocycles. The SMILES string of the molecule is Cc1cc(-c2cc3nc(-n4ccc(-c5cccc(Cl)c5)n4)cc(N4CCOCC4)n3n2)nn1C(C)N(C)C. The molecule has 0 aliphatic carbocycles. The van der Waals surface area contributed by atoms with Gasteiger partial charge < -0.3 is 9.64 Å². The number of fused-ring (bicyclic) bond motifs is 1. The van der Waals surface area contributed by atoms with Gasteiger partial charge in [0.25, 0.3) is 0 Å². The highest BCUT2D eigenvalue weighted by Crippen LogP contribution is 2.27. The molecule has 11 heteroatoms. The molecule has 5 heterocycles. The maximum atomic E-state index is 6.21. The van der Waals surface area contributed by atoms with Gasteiger partial charge >= 0.3 is 0 Å². The van der Waals surface area contributed by atoms with Crippen LogP contribution in [-0.2, 0) is 4.74 Å². The highest BCUT2D eigenvalue weighted by molar-refractivity contribution is 6.30. The number of benzene rings is 1. The largest absolute Gasteiger partial charge is 0.378 e. The van der Waals surface area contributed by atoms with Gasteiger partial charge in [0.05, 0.1) is 18.9 Å². The minimum Gasteiger partial charge on any atom is -0.378 e. The number of morpholine rings is 1. The molecule has 38 heavy (non-hydrogen) atoms. The van der Waals surface area contributed by atoms with Gasteiger partial charge in [0.1, 0.15) is 23.4 Å². The van der Waals surface area contributed by atoms with Crippen LogP contribution in [-0.4, -0.2) is 79.5 Å². The van der Waals surface area contributed by atoms with E-state index in [1.807, 2.05) is 72.0 Å². The van der Waals surface area contributed by atoms with E-state index in [-0.39, 0.29) is 6.17 Å². The number of hydrogen-bond donors (Lipinski definition) is 0. The Morgan fingerprint density at radius 2 is 1.74 bits per heavy atom. The molecule has 196 valence electrons. The van der Waals surface area contributed by atoms with Crippen molar-refractivity contribution in [2.24, 2.45) is 0 Å². The van der Waals surface area contributed by atoms with Crippen molar-refractivity contribution in [2.45, 2.75) is 20.0 Å². The average Bonchev–Trinajstić information content (AvgIpc) is 3.66. The van der Waals surface area contributed by atoms with Gasteiger partial charge in [-0.25, -0.2) is 9.67 Å². The summed E-state index contributed by atoms with van der Waals surface area (Å²) in [5, 5.41) is 15.3. The van der Waals surface area contributed by atoms with E-state index in [0.29, 0.717) is 24.1 Å². The van der Waals surface area contributed by atoms with Gasteiger partial charge in [-0.15, -0.1) is 0 Å². The highest BCUT2D eigenvalue weighted by Gasteiger charge is 2.21. The number of aromatic nitrogens is 7. The molecule has 0 radical (unpaired) electrons. The van der Waals surface area contributed by atoms with Crippen molar-refractivity contribution in [1.82, 2.24) is 39.1 Å². The molecule has 1 aliphatic rings. The lowest BCUT2D eigenvalue weighted by molar-refractivity contribution is 0.122. The summed E-state index contributed by atoms with van der Waals surface area (Å²) in [6, 6.07) is 15.7. The quantitative estimate of drug-likeness (QED) is 0.322. The number of nitrogens with zero attached hydrogens (tertiary/aromatic N) is 9. The van der Waals surface area contributed by atoms with E-state index in [0.717, 1.165) is 52.9 Å². The molecule has 0 amide bonds. The molecule has 0 bridgehead atoms. The number of anilines is 1. The van der Waals surface area contributed by atoms with E-state index in [1.54, 1.807) is 4.68 Å². The van der Waals surface area contributed by atoms with E-state index in [2.05, 4.69) is 29.7 Å². The fraction of sp³-hybridized carbons (Fsp3) is 0.333. The number of rotatable bonds is 6. The van der Waals surface area contributed by atoms with Crippen molar-refractivity contribution in [1.29, 1.82) is 0 Å². The molecule has 1 fully saturated rings. The molecule has 6 rings (SSSR count). The zero-order valence-electron chi connectivity index (χ0n) is 21.9. The molecule has 1 unspecified atom stereocenters. The summed E-state index contributed by atoms with van der Waals surface area (Å²) in [6.07, 6.45) is 2.05. The Morgan fingerprint density at radius 3 is 2.50 bits per heavy atom. The van der Waals surface area contributed by atoms with Gasteiger partial charge in [-0.05, 0) is 52.2 Å². The van der Waals surface area contributed by atoms with Crippen molar-refractivity contribution in [3.63, 3.8) is 0 Å². The van der Waals surface area contributed by atoms with E-state index < -0.39 is 0 Å². The first-order valence-electron chi connectivity index (χ1n) is 12.7. The second kappa shape index (κ2) is 9.86. The average molecular weight is 532 g/mol.